The van der Waals surface area contributed by atoms with Crippen LogP contribution in [0.5, 0.6) is 0 Å². The minimum Gasteiger partial charge on any atom is -0.463 e. The van der Waals surface area contributed by atoms with Crippen molar-refractivity contribution in [2.24, 2.45) is 52.3 Å². The van der Waals surface area contributed by atoms with Crippen LogP contribution < -0.4 is 0 Å². The van der Waals surface area contributed by atoms with Gasteiger partial charge in [0.15, 0.2) is 0 Å². The predicted octanol–water partition coefficient (Wildman–Crippen LogP) is 8.04. The number of hydrogen-bond donors (Lipinski definition) is 0. The van der Waals surface area contributed by atoms with Gasteiger partial charge in [-0.1, -0.05) is 53.9 Å². The van der Waals surface area contributed by atoms with E-state index in [4.69, 9.17) is 4.74 Å². The Labute approximate surface area is 192 Å². The van der Waals surface area contributed by atoms with Gasteiger partial charge in [0, 0.05) is 6.92 Å². The molecular weight excluding hydrogens is 380 g/mol. The summed E-state index contributed by atoms with van der Waals surface area (Å²) in [6.07, 6.45) is 16.6. The average molecular weight is 431 g/mol. The average Bonchev–Trinajstić information content (AvgIpc) is 3.05. The zero-order valence-corrected chi connectivity index (χ0v) is 21.4. The second-order valence-electron chi connectivity index (χ2n) is 13.2. The van der Waals surface area contributed by atoms with Gasteiger partial charge < -0.3 is 4.74 Å². The lowest BCUT2D eigenvalue weighted by Crippen LogP contribution is -2.54. The molecule has 0 aromatic carbocycles. The zero-order valence-electron chi connectivity index (χ0n) is 21.4. The van der Waals surface area contributed by atoms with Crippen LogP contribution in [0.1, 0.15) is 119 Å². The number of carbonyl (C=O) groups excluding carboxylic acids is 1. The molecule has 0 radical (unpaired) electrons. The second kappa shape index (κ2) is 9.02. The van der Waals surface area contributed by atoms with Crippen molar-refractivity contribution < 1.29 is 9.53 Å². The summed E-state index contributed by atoms with van der Waals surface area (Å²) in [5.74, 6) is 6.22. The molecule has 2 nitrogen and oxygen atoms in total. The monoisotopic (exact) mass is 430 g/mol. The molecular formula is C29H50O2. The van der Waals surface area contributed by atoms with E-state index in [9.17, 15) is 4.79 Å². The molecule has 4 rings (SSSR count). The number of esters is 1. The highest BCUT2D eigenvalue weighted by Crippen LogP contribution is 2.68. The lowest BCUT2D eigenvalue weighted by atomic mass is 9.44. The molecule has 0 aliphatic heterocycles. The van der Waals surface area contributed by atoms with Crippen molar-refractivity contribution in [3.63, 3.8) is 0 Å². The van der Waals surface area contributed by atoms with E-state index >= 15 is 0 Å². The van der Waals surface area contributed by atoms with Crippen LogP contribution in [-0.4, -0.2) is 12.1 Å². The first-order valence-corrected chi connectivity index (χ1v) is 13.8. The molecule has 178 valence electrons. The van der Waals surface area contributed by atoms with E-state index in [-0.39, 0.29) is 12.1 Å². The molecule has 0 spiro atoms. The van der Waals surface area contributed by atoms with Crippen molar-refractivity contribution in [2.75, 3.05) is 0 Å². The predicted molar refractivity (Wildman–Crippen MR) is 129 cm³/mol. The van der Waals surface area contributed by atoms with Crippen molar-refractivity contribution in [3.8, 4) is 0 Å². The minimum atomic E-state index is -0.0877. The van der Waals surface area contributed by atoms with Gasteiger partial charge in [-0.25, -0.2) is 0 Å². The minimum absolute atomic E-state index is 0.0877. The summed E-state index contributed by atoms with van der Waals surface area (Å²) >= 11 is 0. The largest absolute Gasteiger partial charge is 0.463 e. The fourth-order valence-electron chi connectivity index (χ4n) is 9.59. The highest BCUT2D eigenvalue weighted by atomic mass is 16.5. The quantitative estimate of drug-likeness (QED) is 0.398. The highest BCUT2D eigenvalue weighted by molar-refractivity contribution is 5.66. The summed E-state index contributed by atoms with van der Waals surface area (Å²) in [7, 11) is 0. The van der Waals surface area contributed by atoms with E-state index in [2.05, 4.69) is 34.6 Å². The molecule has 4 aliphatic carbocycles. The topological polar surface area (TPSA) is 26.3 Å². The normalized spacial score (nSPS) is 45.5. The third-order valence-corrected chi connectivity index (χ3v) is 11.2. The van der Waals surface area contributed by atoms with E-state index in [1.54, 1.807) is 6.92 Å². The van der Waals surface area contributed by atoms with E-state index in [1.165, 1.54) is 64.2 Å². The van der Waals surface area contributed by atoms with E-state index in [0.717, 1.165) is 54.3 Å². The van der Waals surface area contributed by atoms with Gasteiger partial charge in [0.25, 0.3) is 0 Å². The summed E-state index contributed by atoms with van der Waals surface area (Å²) in [4.78, 5) is 11.5. The molecule has 31 heavy (non-hydrogen) atoms. The molecule has 0 N–H and O–H groups in total. The van der Waals surface area contributed by atoms with Gasteiger partial charge in [-0.2, -0.15) is 0 Å². The van der Waals surface area contributed by atoms with Crippen molar-refractivity contribution in [3.05, 3.63) is 0 Å². The maximum Gasteiger partial charge on any atom is 0.302 e. The molecule has 0 aromatic heterocycles. The van der Waals surface area contributed by atoms with Crippen LogP contribution in [0.4, 0.5) is 0 Å². The lowest BCUT2D eigenvalue weighted by Gasteiger charge is -2.61. The van der Waals surface area contributed by atoms with Crippen LogP contribution in [0, 0.1) is 52.3 Å². The molecule has 4 aliphatic rings. The zero-order chi connectivity index (χ0) is 22.4. The van der Waals surface area contributed by atoms with Crippen LogP contribution in [-0.2, 0) is 9.53 Å². The Balaban J connectivity index is 1.43. The Morgan fingerprint density at radius 1 is 0.903 bits per heavy atom. The third-order valence-electron chi connectivity index (χ3n) is 11.2. The molecule has 0 unspecified atom stereocenters. The summed E-state index contributed by atoms with van der Waals surface area (Å²) in [6, 6.07) is 0. The fraction of sp³-hybridized carbons (Fsp3) is 0.966. The number of fused-ring (bicyclic) bond motifs is 5. The molecule has 9 atom stereocenters. The summed E-state index contributed by atoms with van der Waals surface area (Å²) in [5, 5.41) is 0. The van der Waals surface area contributed by atoms with Gasteiger partial charge >= 0.3 is 5.97 Å². The molecule has 4 saturated carbocycles. The molecule has 2 heteroatoms. The summed E-state index contributed by atoms with van der Waals surface area (Å²) in [5.41, 5.74) is 1.08. The number of carbonyl (C=O) groups is 1. The highest BCUT2D eigenvalue weighted by Gasteiger charge is 2.60. The summed E-state index contributed by atoms with van der Waals surface area (Å²) in [6.45, 7) is 14.2. The van der Waals surface area contributed by atoms with Gasteiger partial charge in [-0.15, -0.1) is 0 Å². The Kier molecular flexibility index (Phi) is 6.87. The van der Waals surface area contributed by atoms with Gasteiger partial charge in [-0.3, -0.25) is 4.79 Å². The van der Waals surface area contributed by atoms with Crippen molar-refractivity contribution in [1.29, 1.82) is 0 Å². The first kappa shape index (κ1) is 23.6. The lowest BCUT2D eigenvalue weighted by molar-refractivity contribution is -0.160. The molecule has 0 amide bonds. The number of rotatable bonds is 6. The first-order chi connectivity index (χ1) is 14.6. The van der Waals surface area contributed by atoms with Crippen LogP contribution in [0.2, 0.25) is 0 Å². The molecule has 0 aromatic rings. The molecule has 0 heterocycles. The SMILES string of the molecule is CC(=O)O[C@@H]1CC[C@@]2(C)[C@@H](CC[C@@H]3[C@H]2CC[C@@]2(C)[C@H]3CC[C@H]2[C@H](C)CCCC(C)C)C1. The van der Waals surface area contributed by atoms with E-state index in [0.29, 0.717) is 10.8 Å². The van der Waals surface area contributed by atoms with Crippen LogP contribution >= 0.6 is 0 Å². The second-order valence-corrected chi connectivity index (χ2v) is 13.2. The fourth-order valence-corrected chi connectivity index (χ4v) is 9.59. The Bertz CT molecular complexity index is 641. The van der Waals surface area contributed by atoms with Crippen molar-refractivity contribution >= 4 is 5.97 Å². The summed E-state index contributed by atoms with van der Waals surface area (Å²) < 4.78 is 5.65. The van der Waals surface area contributed by atoms with Crippen molar-refractivity contribution in [1.82, 2.24) is 0 Å². The first-order valence-electron chi connectivity index (χ1n) is 13.8. The van der Waals surface area contributed by atoms with Crippen LogP contribution in [0.25, 0.3) is 0 Å². The maximum absolute atomic E-state index is 11.5. The smallest absolute Gasteiger partial charge is 0.302 e. The third kappa shape index (κ3) is 4.35. The maximum atomic E-state index is 11.5. The van der Waals surface area contributed by atoms with E-state index in [1.807, 2.05) is 0 Å². The Morgan fingerprint density at radius 2 is 1.61 bits per heavy atom. The van der Waals surface area contributed by atoms with E-state index < -0.39 is 0 Å². The Hall–Kier alpha value is -0.530. The standard InChI is InChI=1S/C29H50O2/c1-19(2)8-7-9-20(3)25-12-13-26-24-11-10-22-18-23(31-21(4)30)14-16-28(22,5)27(24)15-17-29(25,26)6/h19-20,22-27H,7-18H2,1-6H3/t20-,22+,23-,24+,25+,26+,27-,28+,29-/m1/s1. The van der Waals surface area contributed by atoms with Crippen molar-refractivity contribution in [2.45, 2.75) is 125 Å². The Morgan fingerprint density at radius 3 is 2.32 bits per heavy atom. The van der Waals surface area contributed by atoms with Gasteiger partial charge in [0.1, 0.15) is 6.10 Å². The molecule has 4 fully saturated rings. The van der Waals surface area contributed by atoms with Gasteiger partial charge in [-0.05, 0) is 110 Å². The van der Waals surface area contributed by atoms with Crippen LogP contribution in [0.3, 0.4) is 0 Å². The van der Waals surface area contributed by atoms with Gasteiger partial charge in [0.2, 0.25) is 0 Å². The van der Waals surface area contributed by atoms with Gasteiger partial charge in [0.05, 0.1) is 0 Å². The number of hydrogen-bond acceptors (Lipinski definition) is 2. The molecule has 0 saturated heterocycles. The van der Waals surface area contributed by atoms with Crippen LogP contribution in [0.15, 0.2) is 0 Å². The molecule has 0 bridgehead atoms. The number of ether oxygens (including phenoxy) is 1.